The molecule has 0 aliphatic rings. The molecule has 0 radical (unpaired) electrons. The Hall–Kier alpha value is -2.61. The van der Waals surface area contributed by atoms with E-state index in [1.807, 2.05) is 0 Å². The van der Waals surface area contributed by atoms with Crippen LogP contribution in [0.15, 0.2) is 30.7 Å². The SMILES string of the molecule is Cn1ncc(C(=O)N[C@H](CCO)C(=O)O)c1-n1cccc1. The smallest absolute Gasteiger partial charge is 0.326 e. The highest BCUT2D eigenvalue weighted by Crippen LogP contribution is 2.14. The van der Waals surface area contributed by atoms with E-state index < -0.39 is 17.9 Å². The Morgan fingerprint density at radius 1 is 1.38 bits per heavy atom. The third-order valence-corrected chi connectivity index (χ3v) is 3.02. The molecule has 2 aromatic heterocycles. The molecule has 0 saturated heterocycles. The first-order valence-corrected chi connectivity index (χ1v) is 6.34. The molecule has 0 unspecified atom stereocenters. The van der Waals surface area contributed by atoms with Crippen molar-refractivity contribution in [3.05, 3.63) is 36.3 Å². The number of aliphatic hydroxyl groups is 1. The fourth-order valence-electron chi connectivity index (χ4n) is 2.00. The molecule has 8 heteroatoms. The third-order valence-electron chi connectivity index (χ3n) is 3.02. The molecule has 1 atom stereocenters. The minimum Gasteiger partial charge on any atom is -0.480 e. The summed E-state index contributed by atoms with van der Waals surface area (Å²) in [6.07, 6.45) is 4.84. The van der Waals surface area contributed by atoms with Crippen molar-refractivity contribution in [1.82, 2.24) is 19.7 Å². The monoisotopic (exact) mass is 292 g/mol. The van der Waals surface area contributed by atoms with E-state index in [2.05, 4.69) is 10.4 Å². The number of hydrogen-bond donors (Lipinski definition) is 3. The molecule has 8 nitrogen and oxygen atoms in total. The first-order valence-electron chi connectivity index (χ1n) is 6.34. The van der Waals surface area contributed by atoms with E-state index in [1.54, 1.807) is 36.1 Å². The van der Waals surface area contributed by atoms with E-state index >= 15 is 0 Å². The fraction of sp³-hybridized carbons (Fsp3) is 0.308. The summed E-state index contributed by atoms with van der Waals surface area (Å²) >= 11 is 0. The largest absolute Gasteiger partial charge is 0.480 e. The lowest BCUT2D eigenvalue weighted by Gasteiger charge is -2.13. The Morgan fingerprint density at radius 2 is 2.05 bits per heavy atom. The average molecular weight is 292 g/mol. The van der Waals surface area contributed by atoms with Crippen LogP contribution in [-0.2, 0) is 11.8 Å². The van der Waals surface area contributed by atoms with Crippen LogP contribution in [-0.4, -0.2) is 49.1 Å². The van der Waals surface area contributed by atoms with Gasteiger partial charge in [0.1, 0.15) is 17.4 Å². The highest BCUT2D eigenvalue weighted by atomic mass is 16.4. The highest BCUT2D eigenvalue weighted by molar-refractivity contribution is 5.99. The molecule has 112 valence electrons. The van der Waals surface area contributed by atoms with Gasteiger partial charge in [-0.25, -0.2) is 4.79 Å². The number of aliphatic carboxylic acids is 1. The zero-order valence-electron chi connectivity index (χ0n) is 11.4. The van der Waals surface area contributed by atoms with Crippen molar-refractivity contribution < 1.29 is 19.8 Å². The van der Waals surface area contributed by atoms with Gasteiger partial charge in [0.15, 0.2) is 0 Å². The van der Waals surface area contributed by atoms with Crippen molar-refractivity contribution in [3.63, 3.8) is 0 Å². The van der Waals surface area contributed by atoms with Gasteiger partial charge in [-0.15, -0.1) is 0 Å². The maximum absolute atomic E-state index is 12.2. The summed E-state index contributed by atoms with van der Waals surface area (Å²) in [6.45, 7) is -0.325. The number of carbonyl (C=O) groups is 2. The summed E-state index contributed by atoms with van der Waals surface area (Å²) < 4.78 is 3.24. The minimum absolute atomic E-state index is 0.0554. The predicted octanol–water partition coefficient (Wildman–Crippen LogP) is -0.224. The Labute approximate surface area is 120 Å². The Morgan fingerprint density at radius 3 is 2.62 bits per heavy atom. The quantitative estimate of drug-likeness (QED) is 0.681. The Bertz CT molecular complexity index is 633. The maximum atomic E-state index is 12.2. The van der Waals surface area contributed by atoms with Gasteiger partial charge < -0.3 is 20.1 Å². The van der Waals surface area contributed by atoms with Crippen LogP contribution < -0.4 is 5.32 Å². The molecule has 0 saturated carbocycles. The molecule has 2 rings (SSSR count). The molecule has 2 aromatic rings. The second-order valence-electron chi connectivity index (χ2n) is 4.47. The second kappa shape index (κ2) is 6.23. The van der Waals surface area contributed by atoms with Gasteiger partial charge in [0.25, 0.3) is 5.91 Å². The standard InChI is InChI=1S/C13H16N4O4/c1-16-12(17-5-2-3-6-17)9(8-14-16)11(19)15-10(4-7-18)13(20)21/h2-3,5-6,8,10,18H,4,7H2,1H3,(H,15,19)(H,20,21)/t10-/m1/s1. The maximum Gasteiger partial charge on any atom is 0.326 e. The minimum atomic E-state index is -1.19. The summed E-state index contributed by atoms with van der Waals surface area (Å²) in [4.78, 5) is 23.3. The molecule has 2 heterocycles. The van der Waals surface area contributed by atoms with Crippen LogP contribution in [0.1, 0.15) is 16.8 Å². The number of carbonyl (C=O) groups excluding carboxylic acids is 1. The molecular weight excluding hydrogens is 276 g/mol. The highest BCUT2D eigenvalue weighted by Gasteiger charge is 2.23. The number of rotatable bonds is 6. The van der Waals surface area contributed by atoms with Crippen LogP contribution in [0.2, 0.25) is 0 Å². The first kappa shape index (κ1) is 14.8. The number of aliphatic hydroxyl groups excluding tert-OH is 1. The molecule has 0 spiro atoms. The first-order chi connectivity index (χ1) is 10.0. The van der Waals surface area contributed by atoms with E-state index in [-0.39, 0.29) is 18.6 Å². The van der Waals surface area contributed by atoms with Gasteiger partial charge in [-0.1, -0.05) is 0 Å². The lowest BCUT2D eigenvalue weighted by Crippen LogP contribution is -2.41. The summed E-state index contributed by atoms with van der Waals surface area (Å²) in [6, 6.07) is 2.47. The predicted molar refractivity (Wildman–Crippen MR) is 73.1 cm³/mol. The van der Waals surface area contributed by atoms with E-state index in [4.69, 9.17) is 10.2 Å². The number of aryl methyl sites for hydroxylation is 1. The summed E-state index contributed by atoms with van der Waals surface area (Å²) in [7, 11) is 1.69. The molecule has 0 aliphatic carbocycles. The molecule has 0 fully saturated rings. The van der Waals surface area contributed by atoms with Gasteiger partial charge in [0.05, 0.1) is 6.20 Å². The van der Waals surface area contributed by atoms with E-state index in [1.165, 1.54) is 10.9 Å². The van der Waals surface area contributed by atoms with Crippen LogP contribution >= 0.6 is 0 Å². The number of nitrogens with zero attached hydrogens (tertiary/aromatic N) is 3. The lowest BCUT2D eigenvalue weighted by molar-refractivity contribution is -0.139. The van der Waals surface area contributed by atoms with Crippen molar-refractivity contribution in [2.24, 2.45) is 7.05 Å². The van der Waals surface area contributed by atoms with Gasteiger partial charge >= 0.3 is 5.97 Å². The number of carboxylic acids is 1. The Balaban J connectivity index is 2.26. The number of aromatic nitrogens is 3. The van der Waals surface area contributed by atoms with Crippen LogP contribution in [0, 0.1) is 0 Å². The van der Waals surface area contributed by atoms with Crippen LogP contribution in [0.4, 0.5) is 0 Å². The normalized spacial score (nSPS) is 12.1. The number of carboxylic acid groups (broad SMARTS) is 1. The second-order valence-corrected chi connectivity index (χ2v) is 4.47. The van der Waals surface area contributed by atoms with Gasteiger partial charge in [0.2, 0.25) is 0 Å². The number of amides is 1. The molecule has 0 bridgehead atoms. The van der Waals surface area contributed by atoms with E-state index in [9.17, 15) is 9.59 Å². The van der Waals surface area contributed by atoms with Gasteiger partial charge in [-0.2, -0.15) is 5.10 Å². The lowest BCUT2D eigenvalue weighted by atomic mass is 10.2. The van der Waals surface area contributed by atoms with Crippen molar-refractivity contribution in [1.29, 1.82) is 0 Å². The van der Waals surface area contributed by atoms with E-state index in [0.29, 0.717) is 5.82 Å². The van der Waals surface area contributed by atoms with Crippen molar-refractivity contribution >= 4 is 11.9 Å². The summed E-state index contributed by atoms with van der Waals surface area (Å²) in [5, 5.41) is 24.3. The zero-order valence-corrected chi connectivity index (χ0v) is 11.4. The van der Waals surface area contributed by atoms with E-state index in [0.717, 1.165) is 0 Å². The molecule has 0 aromatic carbocycles. The Kier molecular flexibility index (Phi) is 4.39. The molecule has 3 N–H and O–H groups in total. The van der Waals surface area contributed by atoms with Gasteiger partial charge in [-0.05, 0) is 12.1 Å². The molecule has 0 aliphatic heterocycles. The van der Waals surface area contributed by atoms with Crippen molar-refractivity contribution in [2.45, 2.75) is 12.5 Å². The zero-order chi connectivity index (χ0) is 15.4. The number of nitrogens with one attached hydrogen (secondary N) is 1. The molecule has 1 amide bonds. The number of hydrogen-bond acceptors (Lipinski definition) is 4. The van der Waals surface area contributed by atoms with Crippen LogP contribution in [0.25, 0.3) is 5.82 Å². The topological polar surface area (TPSA) is 109 Å². The van der Waals surface area contributed by atoms with Crippen LogP contribution in [0.5, 0.6) is 0 Å². The third kappa shape index (κ3) is 3.11. The summed E-state index contributed by atoms with van der Waals surface area (Å²) in [5.41, 5.74) is 0.262. The van der Waals surface area contributed by atoms with Gasteiger partial charge in [0, 0.05) is 32.5 Å². The van der Waals surface area contributed by atoms with Crippen molar-refractivity contribution in [3.8, 4) is 5.82 Å². The van der Waals surface area contributed by atoms with Crippen LogP contribution in [0.3, 0.4) is 0 Å². The molecule has 21 heavy (non-hydrogen) atoms. The average Bonchev–Trinajstić information content (AvgIpc) is 3.06. The summed E-state index contributed by atoms with van der Waals surface area (Å²) in [5.74, 6) is -1.21. The van der Waals surface area contributed by atoms with Gasteiger partial charge in [-0.3, -0.25) is 9.48 Å². The fourth-order valence-corrected chi connectivity index (χ4v) is 2.00. The van der Waals surface area contributed by atoms with Crippen molar-refractivity contribution in [2.75, 3.05) is 6.61 Å². The molecular formula is C13H16N4O4.